The van der Waals surface area contributed by atoms with E-state index < -0.39 is 28.1 Å². The van der Waals surface area contributed by atoms with Crippen molar-refractivity contribution in [1.29, 1.82) is 0 Å². The van der Waals surface area contributed by atoms with Gasteiger partial charge in [-0.3, -0.25) is 9.59 Å². The molecule has 0 saturated carbocycles. The fraction of sp³-hybridized carbons (Fsp3) is 0.158. The number of aryl methyl sites for hydroxylation is 2. The molecule has 3 rings (SSSR count). The molecule has 4 nitrogen and oxygen atoms in total. The first-order valence-electron chi connectivity index (χ1n) is 7.79. The Morgan fingerprint density at radius 1 is 1.11 bits per heavy atom. The molecule has 3 aromatic rings. The van der Waals surface area contributed by atoms with E-state index in [1.807, 2.05) is 6.92 Å². The molecule has 1 N–H and O–H groups in total. The van der Waals surface area contributed by atoms with Gasteiger partial charge in [0, 0.05) is 11.8 Å². The zero-order valence-electron chi connectivity index (χ0n) is 14.2. The van der Waals surface area contributed by atoms with Gasteiger partial charge in [-0.15, -0.1) is 0 Å². The van der Waals surface area contributed by atoms with Gasteiger partial charge in [0.05, 0.1) is 16.0 Å². The Hall–Kier alpha value is -2.80. The smallest absolute Gasteiger partial charge is 0.417 e. The van der Waals surface area contributed by atoms with E-state index in [2.05, 4.69) is 5.32 Å². The van der Waals surface area contributed by atoms with E-state index in [9.17, 15) is 22.8 Å². The molecular weight excluding hydrogens is 383 g/mol. The molecule has 0 bridgehead atoms. The SMILES string of the molecule is Cc1cc(C)c2oc(C(=O)Nc3ccc(Cl)c(C(F)(F)F)c3)cc(=O)c2c1. The lowest BCUT2D eigenvalue weighted by Gasteiger charge is -2.12. The van der Waals surface area contributed by atoms with Crippen molar-refractivity contribution < 1.29 is 22.4 Å². The van der Waals surface area contributed by atoms with Gasteiger partial charge in [0.1, 0.15) is 5.58 Å². The van der Waals surface area contributed by atoms with E-state index in [0.29, 0.717) is 17.0 Å². The van der Waals surface area contributed by atoms with Gasteiger partial charge in [-0.05, 0) is 49.2 Å². The largest absolute Gasteiger partial charge is 0.450 e. The van der Waals surface area contributed by atoms with Gasteiger partial charge in [0.15, 0.2) is 11.2 Å². The van der Waals surface area contributed by atoms with Gasteiger partial charge < -0.3 is 9.73 Å². The van der Waals surface area contributed by atoms with Crippen molar-refractivity contribution >= 4 is 34.2 Å². The quantitative estimate of drug-likeness (QED) is 0.637. The molecular formula is C19H13ClF3NO3. The summed E-state index contributed by atoms with van der Waals surface area (Å²) in [5.74, 6) is -1.15. The van der Waals surface area contributed by atoms with Crippen molar-refractivity contribution in [2.45, 2.75) is 20.0 Å². The zero-order chi connectivity index (χ0) is 19.9. The minimum Gasteiger partial charge on any atom is -0.450 e. The van der Waals surface area contributed by atoms with Crippen molar-refractivity contribution in [3.05, 3.63) is 74.1 Å². The maximum atomic E-state index is 12.9. The standard InChI is InChI=1S/C19H13ClF3NO3/c1-9-5-10(2)17-12(6-9)15(25)8-16(27-17)18(26)24-11-3-4-14(20)13(7-11)19(21,22)23/h3-8H,1-2H3,(H,24,26). The third kappa shape index (κ3) is 3.83. The van der Waals surface area contributed by atoms with E-state index in [4.69, 9.17) is 16.0 Å². The number of hydrogen-bond acceptors (Lipinski definition) is 3. The van der Waals surface area contributed by atoms with Crippen LogP contribution in [0, 0.1) is 13.8 Å². The fourth-order valence-electron chi connectivity index (χ4n) is 2.73. The summed E-state index contributed by atoms with van der Waals surface area (Å²) < 4.78 is 44.3. The molecule has 0 atom stereocenters. The van der Waals surface area contributed by atoms with Crippen molar-refractivity contribution in [2.24, 2.45) is 0 Å². The van der Waals surface area contributed by atoms with Crippen LogP contribution in [-0.2, 0) is 6.18 Å². The normalized spacial score (nSPS) is 11.6. The summed E-state index contributed by atoms with van der Waals surface area (Å²) in [5, 5.41) is 2.14. The molecule has 0 spiro atoms. The van der Waals surface area contributed by atoms with Crippen LogP contribution in [-0.4, -0.2) is 5.91 Å². The number of anilines is 1. The molecule has 1 aromatic heterocycles. The zero-order valence-corrected chi connectivity index (χ0v) is 15.0. The predicted molar refractivity (Wildman–Crippen MR) is 96.4 cm³/mol. The van der Waals surface area contributed by atoms with Crippen molar-refractivity contribution in [3.8, 4) is 0 Å². The number of hydrogen-bond donors (Lipinski definition) is 1. The number of carbonyl (C=O) groups is 1. The highest BCUT2D eigenvalue weighted by Crippen LogP contribution is 2.36. The lowest BCUT2D eigenvalue weighted by Crippen LogP contribution is -2.16. The lowest BCUT2D eigenvalue weighted by molar-refractivity contribution is -0.137. The summed E-state index contributed by atoms with van der Waals surface area (Å²) in [4.78, 5) is 24.7. The minimum absolute atomic E-state index is 0.125. The number of carbonyl (C=O) groups excluding carboxylic acids is 1. The van der Waals surface area contributed by atoms with Crippen LogP contribution < -0.4 is 10.7 Å². The molecule has 0 unspecified atom stereocenters. The molecule has 0 saturated heterocycles. The number of amides is 1. The van der Waals surface area contributed by atoms with Crippen LogP contribution in [0.5, 0.6) is 0 Å². The molecule has 0 radical (unpaired) electrons. The Labute approximate surface area is 156 Å². The van der Waals surface area contributed by atoms with Crippen LogP contribution >= 0.6 is 11.6 Å². The molecule has 2 aromatic carbocycles. The molecule has 27 heavy (non-hydrogen) atoms. The topological polar surface area (TPSA) is 59.3 Å². The minimum atomic E-state index is -4.66. The van der Waals surface area contributed by atoms with E-state index in [1.54, 1.807) is 19.1 Å². The van der Waals surface area contributed by atoms with Gasteiger partial charge in [0.2, 0.25) is 0 Å². The Morgan fingerprint density at radius 3 is 2.48 bits per heavy atom. The number of nitrogens with one attached hydrogen (secondary N) is 1. The molecule has 8 heteroatoms. The van der Waals surface area contributed by atoms with Gasteiger partial charge in [-0.2, -0.15) is 13.2 Å². The Morgan fingerprint density at radius 2 is 1.81 bits per heavy atom. The highest BCUT2D eigenvalue weighted by molar-refractivity contribution is 6.31. The highest BCUT2D eigenvalue weighted by atomic mass is 35.5. The second kappa shape index (κ2) is 6.74. The second-order valence-electron chi connectivity index (χ2n) is 6.08. The average Bonchev–Trinajstić information content (AvgIpc) is 2.56. The summed E-state index contributed by atoms with van der Waals surface area (Å²) >= 11 is 5.56. The van der Waals surface area contributed by atoms with Crippen LogP contribution in [0.3, 0.4) is 0 Å². The van der Waals surface area contributed by atoms with Crippen molar-refractivity contribution in [3.63, 3.8) is 0 Å². The first-order chi connectivity index (χ1) is 12.6. The Bertz CT molecular complexity index is 1120. The maximum absolute atomic E-state index is 12.9. The van der Waals surface area contributed by atoms with E-state index in [-0.39, 0.29) is 17.0 Å². The number of halogens is 4. The van der Waals surface area contributed by atoms with Gasteiger partial charge in [0.25, 0.3) is 5.91 Å². The van der Waals surface area contributed by atoms with E-state index in [0.717, 1.165) is 17.7 Å². The number of alkyl halides is 3. The number of benzene rings is 2. The predicted octanol–water partition coefficient (Wildman–Crippen LogP) is 5.33. The first-order valence-corrected chi connectivity index (χ1v) is 8.17. The van der Waals surface area contributed by atoms with E-state index >= 15 is 0 Å². The molecule has 140 valence electrons. The molecule has 0 fully saturated rings. The highest BCUT2D eigenvalue weighted by Gasteiger charge is 2.33. The van der Waals surface area contributed by atoms with Gasteiger partial charge in [-0.25, -0.2) is 0 Å². The summed E-state index contributed by atoms with van der Waals surface area (Å²) in [6, 6.07) is 7.42. The summed E-state index contributed by atoms with van der Waals surface area (Å²) in [5.41, 5.74) is 0.173. The molecule has 0 aliphatic carbocycles. The van der Waals surface area contributed by atoms with Gasteiger partial charge >= 0.3 is 6.18 Å². The third-order valence-corrected chi connectivity index (χ3v) is 4.24. The van der Waals surface area contributed by atoms with Crippen molar-refractivity contribution in [1.82, 2.24) is 0 Å². The van der Waals surface area contributed by atoms with Crippen molar-refractivity contribution in [2.75, 3.05) is 5.32 Å². The summed E-state index contributed by atoms with van der Waals surface area (Å²) in [7, 11) is 0. The Balaban J connectivity index is 1.99. The number of fused-ring (bicyclic) bond motifs is 1. The van der Waals surface area contributed by atoms with Gasteiger partial charge in [-0.1, -0.05) is 17.7 Å². The second-order valence-corrected chi connectivity index (χ2v) is 6.49. The molecule has 1 heterocycles. The maximum Gasteiger partial charge on any atom is 0.417 e. The summed E-state index contributed by atoms with van der Waals surface area (Å²) in [6.45, 7) is 3.56. The number of rotatable bonds is 2. The monoisotopic (exact) mass is 395 g/mol. The fourth-order valence-corrected chi connectivity index (χ4v) is 2.96. The van der Waals surface area contributed by atoms with Crippen LogP contribution in [0.25, 0.3) is 11.0 Å². The first kappa shape index (κ1) is 19.0. The van der Waals surface area contributed by atoms with Crippen LogP contribution in [0.2, 0.25) is 5.02 Å². The third-order valence-electron chi connectivity index (χ3n) is 3.91. The van der Waals surface area contributed by atoms with Crippen LogP contribution in [0.4, 0.5) is 18.9 Å². The van der Waals surface area contributed by atoms with Crippen LogP contribution in [0.15, 0.2) is 45.6 Å². The molecule has 0 aliphatic heterocycles. The Kier molecular flexibility index (Phi) is 4.73. The average molecular weight is 396 g/mol. The molecule has 0 aliphatic rings. The summed E-state index contributed by atoms with van der Waals surface area (Å²) in [6.07, 6.45) is -4.66. The van der Waals surface area contributed by atoms with Crippen LogP contribution in [0.1, 0.15) is 27.2 Å². The molecule has 1 amide bonds. The lowest BCUT2D eigenvalue weighted by atomic mass is 10.1. The van der Waals surface area contributed by atoms with E-state index in [1.165, 1.54) is 6.07 Å².